The second-order valence-electron chi connectivity index (χ2n) is 4.04. The van der Waals surface area contributed by atoms with Gasteiger partial charge in [-0.15, -0.1) is 0 Å². The zero-order valence-corrected chi connectivity index (χ0v) is 10.9. The maximum absolute atomic E-state index is 12.0. The van der Waals surface area contributed by atoms with Crippen LogP contribution in [0.5, 0.6) is 0 Å². The highest BCUT2D eigenvalue weighted by molar-refractivity contribution is 8.18. The number of imide groups is 1. The number of amides is 2. The molecule has 94 valence electrons. The maximum Gasteiger partial charge on any atom is 0.293 e. The highest BCUT2D eigenvalue weighted by atomic mass is 32.2. The average Bonchev–Trinajstić information content (AvgIpc) is 2.57. The Morgan fingerprint density at radius 3 is 2.83 bits per heavy atom. The minimum absolute atomic E-state index is 0.246. The molecule has 0 radical (unpaired) electrons. The second kappa shape index (κ2) is 5.37. The van der Waals surface area contributed by atoms with Gasteiger partial charge in [0.15, 0.2) is 0 Å². The lowest BCUT2D eigenvalue weighted by molar-refractivity contribution is -0.122. The number of hydrogen-bond acceptors (Lipinski definition) is 4. The molecule has 4 nitrogen and oxygen atoms in total. The number of carbonyl (C=O) groups excluding carboxylic acids is 2. The van der Waals surface area contributed by atoms with E-state index in [0.29, 0.717) is 4.91 Å². The Morgan fingerprint density at radius 2 is 2.17 bits per heavy atom. The zero-order valence-electron chi connectivity index (χ0n) is 10.1. The summed E-state index contributed by atoms with van der Waals surface area (Å²) in [7, 11) is 0. The number of hydrogen-bond donors (Lipinski definition) is 1. The van der Waals surface area contributed by atoms with E-state index in [2.05, 4.69) is 0 Å². The number of nitrogens with zero attached hydrogens (tertiary/aromatic N) is 1. The van der Waals surface area contributed by atoms with Crippen molar-refractivity contribution in [2.75, 3.05) is 13.1 Å². The molecule has 0 spiro atoms. The van der Waals surface area contributed by atoms with E-state index in [1.807, 2.05) is 31.2 Å². The van der Waals surface area contributed by atoms with Gasteiger partial charge in [-0.2, -0.15) is 0 Å². The minimum Gasteiger partial charge on any atom is -0.329 e. The molecule has 1 fully saturated rings. The molecule has 1 saturated heterocycles. The van der Waals surface area contributed by atoms with Crippen molar-refractivity contribution in [3.63, 3.8) is 0 Å². The number of thioether (sulfide) groups is 1. The standard InChI is InChI=1S/C13H14N2O2S/c1-9-3-2-4-10(7-9)8-11-12(16)15(6-5-14)13(17)18-11/h2-4,7-8H,5-6,14H2,1H3/b11-8-. The van der Waals surface area contributed by atoms with E-state index >= 15 is 0 Å². The maximum atomic E-state index is 12.0. The third-order valence-corrected chi connectivity index (χ3v) is 3.47. The van der Waals surface area contributed by atoms with Crippen LogP contribution in [0, 0.1) is 6.92 Å². The summed E-state index contributed by atoms with van der Waals surface area (Å²) in [5.74, 6) is -0.253. The van der Waals surface area contributed by atoms with Crippen molar-refractivity contribution in [1.82, 2.24) is 4.90 Å². The smallest absolute Gasteiger partial charge is 0.293 e. The van der Waals surface area contributed by atoms with Gasteiger partial charge in [0.05, 0.1) is 4.91 Å². The average molecular weight is 262 g/mol. The fourth-order valence-electron chi connectivity index (χ4n) is 1.73. The van der Waals surface area contributed by atoms with Gasteiger partial charge >= 0.3 is 0 Å². The van der Waals surface area contributed by atoms with Gasteiger partial charge in [-0.25, -0.2) is 0 Å². The first-order valence-corrected chi connectivity index (χ1v) is 6.45. The molecule has 0 aliphatic carbocycles. The fourth-order valence-corrected chi connectivity index (χ4v) is 2.60. The molecule has 0 atom stereocenters. The van der Waals surface area contributed by atoms with Crippen LogP contribution in [0.2, 0.25) is 0 Å². The van der Waals surface area contributed by atoms with Crippen molar-refractivity contribution >= 4 is 29.0 Å². The molecule has 5 heteroatoms. The van der Waals surface area contributed by atoms with E-state index in [4.69, 9.17) is 5.73 Å². The van der Waals surface area contributed by atoms with Gasteiger partial charge in [-0.1, -0.05) is 29.8 Å². The van der Waals surface area contributed by atoms with E-state index in [0.717, 1.165) is 22.9 Å². The summed E-state index contributed by atoms with van der Waals surface area (Å²) in [5, 5.41) is -0.246. The number of benzene rings is 1. The van der Waals surface area contributed by atoms with Crippen molar-refractivity contribution in [2.45, 2.75) is 6.92 Å². The molecule has 2 amide bonds. The first kappa shape index (κ1) is 12.9. The van der Waals surface area contributed by atoms with Crippen LogP contribution in [0.25, 0.3) is 6.08 Å². The van der Waals surface area contributed by atoms with Gasteiger partial charge in [0.1, 0.15) is 0 Å². The predicted molar refractivity (Wildman–Crippen MR) is 72.9 cm³/mol. The monoisotopic (exact) mass is 262 g/mol. The largest absolute Gasteiger partial charge is 0.329 e. The Kier molecular flexibility index (Phi) is 3.84. The van der Waals surface area contributed by atoms with E-state index in [9.17, 15) is 9.59 Å². The molecule has 2 N–H and O–H groups in total. The molecule has 1 aliphatic rings. The van der Waals surface area contributed by atoms with Gasteiger partial charge < -0.3 is 5.73 Å². The van der Waals surface area contributed by atoms with Crippen LogP contribution in [0.15, 0.2) is 29.2 Å². The van der Waals surface area contributed by atoms with Crippen LogP contribution in [0.3, 0.4) is 0 Å². The topological polar surface area (TPSA) is 63.4 Å². The first-order valence-electron chi connectivity index (χ1n) is 5.64. The summed E-state index contributed by atoms with van der Waals surface area (Å²) in [5.41, 5.74) is 7.42. The second-order valence-corrected chi connectivity index (χ2v) is 5.03. The van der Waals surface area contributed by atoms with E-state index in [-0.39, 0.29) is 24.2 Å². The summed E-state index contributed by atoms with van der Waals surface area (Å²) in [6.07, 6.45) is 1.74. The van der Waals surface area contributed by atoms with Gasteiger partial charge in [-0.3, -0.25) is 14.5 Å². The summed E-state index contributed by atoms with van der Waals surface area (Å²) in [4.78, 5) is 25.2. The van der Waals surface area contributed by atoms with E-state index < -0.39 is 0 Å². The predicted octanol–water partition coefficient (Wildman–Crippen LogP) is 1.99. The quantitative estimate of drug-likeness (QED) is 0.846. The van der Waals surface area contributed by atoms with Crippen LogP contribution >= 0.6 is 11.8 Å². The molecule has 0 saturated carbocycles. The highest BCUT2D eigenvalue weighted by Gasteiger charge is 2.34. The first-order chi connectivity index (χ1) is 8.61. The number of rotatable bonds is 3. The Morgan fingerprint density at radius 1 is 1.39 bits per heavy atom. The van der Waals surface area contributed by atoms with Gasteiger partial charge in [-0.05, 0) is 30.3 Å². The fraction of sp³-hybridized carbons (Fsp3) is 0.231. The van der Waals surface area contributed by atoms with Gasteiger partial charge in [0, 0.05) is 13.1 Å². The third kappa shape index (κ3) is 2.63. The van der Waals surface area contributed by atoms with Crippen molar-refractivity contribution in [3.8, 4) is 0 Å². The van der Waals surface area contributed by atoms with Crippen LogP contribution < -0.4 is 5.73 Å². The van der Waals surface area contributed by atoms with Crippen LogP contribution in [0.4, 0.5) is 4.79 Å². The molecule has 1 heterocycles. The Hall–Kier alpha value is -1.59. The molecular weight excluding hydrogens is 248 g/mol. The number of nitrogens with two attached hydrogens (primary N) is 1. The van der Waals surface area contributed by atoms with Crippen LogP contribution in [-0.2, 0) is 4.79 Å². The van der Waals surface area contributed by atoms with Gasteiger partial charge in [0.25, 0.3) is 11.1 Å². The molecule has 18 heavy (non-hydrogen) atoms. The van der Waals surface area contributed by atoms with Crippen LogP contribution in [-0.4, -0.2) is 29.1 Å². The van der Waals surface area contributed by atoms with Crippen molar-refractivity contribution < 1.29 is 9.59 Å². The summed E-state index contributed by atoms with van der Waals surface area (Å²) < 4.78 is 0. The van der Waals surface area contributed by atoms with Gasteiger partial charge in [0.2, 0.25) is 0 Å². The molecular formula is C13H14N2O2S. The molecule has 0 unspecified atom stereocenters. The number of carbonyl (C=O) groups is 2. The van der Waals surface area contributed by atoms with E-state index in [1.165, 1.54) is 4.90 Å². The molecule has 1 aliphatic heterocycles. The van der Waals surface area contributed by atoms with Crippen molar-refractivity contribution in [2.24, 2.45) is 5.73 Å². The lowest BCUT2D eigenvalue weighted by Gasteiger charge is -2.09. The Labute approximate surface area is 110 Å². The summed E-state index contributed by atoms with van der Waals surface area (Å²) in [6.45, 7) is 2.54. The third-order valence-electron chi connectivity index (χ3n) is 2.57. The number of aryl methyl sites for hydroxylation is 1. The minimum atomic E-state index is -0.253. The Bertz CT molecular complexity index is 525. The molecule has 0 aromatic heterocycles. The van der Waals surface area contributed by atoms with Crippen molar-refractivity contribution in [1.29, 1.82) is 0 Å². The van der Waals surface area contributed by atoms with Crippen LogP contribution in [0.1, 0.15) is 11.1 Å². The van der Waals surface area contributed by atoms with Crippen molar-refractivity contribution in [3.05, 3.63) is 40.3 Å². The SMILES string of the molecule is Cc1cccc(/C=C2\SC(=O)N(CCN)C2=O)c1. The normalized spacial score (nSPS) is 17.9. The molecule has 1 aromatic carbocycles. The Balaban J connectivity index is 2.25. The highest BCUT2D eigenvalue weighted by Crippen LogP contribution is 2.31. The summed E-state index contributed by atoms with van der Waals surface area (Å²) >= 11 is 0.965. The molecule has 0 bridgehead atoms. The van der Waals surface area contributed by atoms with E-state index in [1.54, 1.807) is 6.08 Å². The summed E-state index contributed by atoms with van der Waals surface area (Å²) in [6, 6.07) is 7.78. The lowest BCUT2D eigenvalue weighted by Crippen LogP contribution is -2.33. The molecule has 2 rings (SSSR count). The zero-order chi connectivity index (χ0) is 13.1. The lowest BCUT2D eigenvalue weighted by atomic mass is 10.1. The molecule has 1 aromatic rings.